The van der Waals surface area contributed by atoms with Gasteiger partial charge in [-0.2, -0.15) is 0 Å². The molecule has 0 unspecified atom stereocenters. The van der Waals surface area contributed by atoms with E-state index in [0.717, 1.165) is 30.6 Å². The van der Waals surface area contributed by atoms with E-state index in [2.05, 4.69) is 5.32 Å². The lowest BCUT2D eigenvalue weighted by Gasteiger charge is -2.33. The van der Waals surface area contributed by atoms with Crippen molar-refractivity contribution in [2.45, 2.75) is 19.8 Å². The van der Waals surface area contributed by atoms with Crippen molar-refractivity contribution < 1.29 is 4.79 Å². The average Bonchev–Trinajstić information content (AvgIpc) is 2.44. The molecule has 0 saturated carbocycles. The van der Waals surface area contributed by atoms with E-state index >= 15 is 0 Å². The zero-order valence-electron chi connectivity index (χ0n) is 11.4. The van der Waals surface area contributed by atoms with Crippen LogP contribution in [0.3, 0.4) is 0 Å². The lowest BCUT2D eigenvalue weighted by Crippen LogP contribution is -2.45. The van der Waals surface area contributed by atoms with Crippen LogP contribution in [-0.2, 0) is 4.79 Å². The maximum atomic E-state index is 11.3. The van der Waals surface area contributed by atoms with Gasteiger partial charge >= 0.3 is 0 Å². The third-order valence-electron chi connectivity index (χ3n) is 3.62. The zero-order valence-corrected chi connectivity index (χ0v) is 12.9. The number of hydrogen-bond donors (Lipinski definition) is 2. The molecule has 2 rings (SSSR count). The molecule has 0 spiro atoms. The minimum absolute atomic E-state index is 0.121. The Morgan fingerprint density at radius 1 is 1.55 bits per heavy atom. The molecular weight excluding hydrogens is 294 g/mol. The Morgan fingerprint density at radius 2 is 2.30 bits per heavy atom. The number of nitrogens with two attached hydrogens (primary N) is 1. The predicted molar refractivity (Wildman–Crippen MR) is 85.9 cm³/mol. The highest BCUT2D eigenvalue weighted by Crippen LogP contribution is 2.24. The maximum absolute atomic E-state index is 11.3. The molecule has 0 radical (unpaired) electrons. The normalized spacial score (nSPS) is 18.7. The fourth-order valence-corrected chi connectivity index (χ4v) is 2.78. The molecule has 1 aliphatic rings. The summed E-state index contributed by atoms with van der Waals surface area (Å²) < 4.78 is 0. The Bertz CT molecular complexity index is 535. The van der Waals surface area contributed by atoms with Crippen molar-refractivity contribution in [1.82, 2.24) is 4.90 Å². The van der Waals surface area contributed by atoms with Gasteiger partial charge in [-0.15, -0.1) is 0 Å². The van der Waals surface area contributed by atoms with Crippen LogP contribution in [0.25, 0.3) is 0 Å². The van der Waals surface area contributed by atoms with Crippen LogP contribution >= 0.6 is 23.8 Å². The van der Waals surface area contributed by atoms with Crippen molar-refractivity contribution in [3.8, 4) is 0 Å². The van der Waals surface area contributed by atoms with Gasteiger partial charge < -0.3 is 16.0 Å². The second-order valence-electron chi connectivity index (χ2n) is 5.03. The summed E-state index contributed by atoms with van der Waals surface area (Å²) in [5.41, 5.74) is 7.23. The van der Waals surface area contributed by atoms with E-state index in [1.807, 2.05) is 30.0 Å². The van der Waals surface area contributed by atoms with Crippen LogP contribution in [0.2, 0.25) is 5.02 Å². The molecule has 1 amide bonds. The molecule has 0 aliphatic carbocycles. The summed E-state index contributed by atoms with van der Waals surface area (Å²) in [5.74, 6) is -0.375. The fourth-order valence-electron chi connectivity index (χ4n) is 2.33. The summed E-state index contributed by atoms with van der Waals surface area (Å²) in [6.07, 6.45) is 1.76. The molecule has 1 aliphatic heterocycles. The van der Waals surface area contributed by atoms with Crippen LogP contribution in [0.15, 0.2) is 18.2 Å². The minimum atomic E-state index is -0.253. The van der Waals surface area contributed by atoms with E-state index < -0.39 is 0 Å². The number of nitrogens with one attached hydrogen (secondary N) is 1. The molecule has 20 heavy (non-hydrogen) atoms. The van der Waals surface area contributed by atoms with Crippen molar-refractivity contribution >= 4 is 40.5 Å². The van der Waals surface area contributed by atoms with Gasteiger partial charge in [0.05, 0.1) is 5.92 Å². The predicted octanol–water partition coefficient (Wildman–Crippen LogP) is 2.54. The summed E-state index contributed by atoms with van der Waals surface area (Å²) in [6.45, 7) is 3.37. The monoisotopic (exact) mass is 311 g/mol. The van der Waals surface area contributed by atoms with Crippen molar-refractivity contribution in [1.29, 1.82) is 0 Å². The first kappa shape index (κ1) is 15.1. The topological polar surface area (TPSA) is 58.4 Å². The molecule has 1 heterocycles. The number of benzene rings is 1. The lowest BCUT2D eigenvalue weighted by molar-refractivity contribution is -0.122. The van der Waals surface area contributed by atoms with Crippen LogP contribution in [-0.4, -0.2) is 29.0 Å². The number of hydrogen-bond acceptors (Lipinski definition) is 2. The number of thiocarbonyl (C=S) groups is 1. The first-order valence-corrected chi connectivity index (χ1v) is 7.38. The van der Waals surface area contributed by atoms with E-state index in [-0.39, 0.29) is 11.8 Å². The molecule has 1 saturated heterocycles. The van der Waals surface area contributed by atoms with E-state index in [1.165, 1.54) is 0 Å². The molecule has 108 valence electrons. The molecule has 6 heteroatoms. The Balaban J connectivity index is 2.04. The Hall–Kier alpha value is -1.33. The molecule has 1 aromatic carbocycles. The van der Waals surface area contributed by atoms with Crippen LogP contribution in [0.4, 0.5) is 5.69 Å². The lowest BCUT2D eigenvalue weighted by atomic mass is 9.98. The van der Waals surface area contributed by atoms with Crippen molar-refractivity contribution in [3.63, 3.8) is 0 Å². The highest BCUT2D eigenvalue weighted by atomic mass is 35.5. The Labute approximate surface area is 129 Å². The number of nitrogens with zero attached hydrogens (tertiary/aromatic N) is 1. The van der Waals surface area contributed by atoms with Crippen LogP contribution in [0.5, 0.6) is 0 Å². The number of amides is 1. The van der Waals surface area contributed by atoms with E-state index in [0.29, 0.717) is 16.7 Å². The fraction of sp³-hybridized carbons (Fsp3) is 0.429. The summed E-state index contributed by atoms with van der Waals surface area (Å²) in [5, 5.41) is 4.51. The number of rotatable bonds is 2. The summed E-state index contributed by atoms with van der Waals surface area (Å²) >= 11 is 11.5. The summed E-state index contributed by atoms with van der Waals surface area (Å²) in [4.78, 5) is 13.3. The number of piperidine rings is 1. The number of anilines is 1. The molecule has 1 aromatic rings. The highest BCUT2D eigenvalue weighted by Gasteiger charge is 2.25. The van der Waals surface area contributed by atoms with Gasteiger partial charge in [0, 0.05) is 23.8 Å². The van der Waals surface area contributed by atoms with E-state index in [4.69, 9.17) is 29.6 Å². The van der Waals surface area contributed by atoms with Crippen LogP contribution in [0, 0.1) is 12.8 Å². The maximum Gasteiger partial charge on any atom is 0.222 e. The average molecular weight is 312 g/mol. The smallest absolute Gasteiger partial charge is 0.222 e. The third kappa shape index (κ3) is 3.41. The van der Waals surface area contributed by atoms with Crippen molar-refractivity contribution in [2.75, 3.05) is 18.4 Å². The second-order valence-corrected chi connectivity index (χ2v) is 5.82. The number of carbonyl (C=O) groups excluding carboxylic acids is 1. The Morgan fingerprint density at radius 3 is 3.00 bits per heavy atom. The SMILES string of the molecule is Cc1c(Cl)cccc1NC(=S)N1CCC[C@H](C(N)=O)C1. The van der Waals surface area contributed by atoms with Gasteiger partial charge in [0.15, 0.2) is 5.11 Å². The van der Waals surface area contributed by atoms with Crippen molar-refractivity contribution in [3.05, 3.63) is 28.8 Å². The molecule has 0 aromatic heterocycles. The molecule has 1 fully saturated rings. The highest BCUT2D eigenvalue weighted by molar-refractivity contribution is 7.80. The summed E-state index contributed by atoms with van der Waals surface area (Å²) in [7, 11) is 0. The van der Waals surface area contributed by atoms with Gasteiger partial charge in [-0.1, -0.05) is 17.7 Å². The first-order valence-electron chi connectivity index (χ1n) is 6.59. The Kier molecular flexibility index (Phi) is 4.83. The summed E-state index contributed by atoms with van der Waals surface area (Å²) in [6, 6.07) is 5.65. The van der Waals surface area contributed by atoms with Crippen molar-refractivity contribution in [2.24, 2.45) is 11.7 Å². The molecule has 4 nitrogen and oxygen atoms in total. The number of likely N-dealkylation sites (tertiary alicyclic amines) is 1. The van der Waals surface area contributed by atoms with Gasteiger partial charge in [-0.25, -0.2) is 0 Å². The zero-order chi connectivity index (χ0) is 14.7. The molecule has 3 N–H and O–H groups in total. The number of carbonyl (C=O) groups is 1. The molecule has 0 bridgehead atoms. The molecule has 1 atom stereocenters. The minimum Gasteiger partial charge on any atom is -0.369 e. The van der Waals surface area contributed by atoms with Gasteiger partial charge in [0.2, 0.25) is 5.91 Å². The van der Waals surface area contributed by atoms with Gasteiger partial charge in [-0.05, 0) is 49.7 Å². The second kappa shape index (κ2) is 6.41. The third-order valence-corrected chi connectivity index (χ3v) is 4.39. The first-order chi connectivity index (χ1) is 9.49. The standard InChI is InChI=1S/C14H18ClN3OS/c1-9-11(15)5-2-6-12(9)17-14(20)18-7-3-4-10(8-18)13(16)19/h2,5-6,10H,3-4,7-8H2,1H3,(H2,16,19)(H,17,20)/t10-/m0/s1. The van der Waals surface area contributed by atoms with Gasteiger partial charge in [0.1, 0.15) is 0 Å². The van der Waals surface area contributed by atoms with Gasteiger partial charge in [-0.3, -0.25) is 4.79 Å². The van der Waals surface area contributed by atoms with Crippen LogP contribution < -0.4 is 11.1 Å². The van der Waals surface area contributed by atoms with E-state index in [1.54, 1.807) is 0 Å². The van der Waals surface area contributed by atoms with E-state index in [9.17, 15) is 4.79 Å². The largest absolute Gasteiger partial charge is 0.369 e. The van der Waals surface area contributed by atoms with Crippen LogP contribution in [0.1, 0.15) is 18.4 Å². The van der Waals surface area contributed by atoms with Gasteiger partial charge in [0.25, 0.3) is 0 Å². The number of primary amides is 1. The quantitative estimate of drug-likeness (QED) is 0.824. The number of halogens is 1. The molecular formula is C14H18ClN3OS.